The van der Waals surface area contributed by atoms with E-state index in [4.69, 9.17) is 0 Å². The Morgan fingerprint density at radius 2 is 1.00 bits per heavy atom. The van der Waals surface area contributed by atoms with E-state index in [0.29, 0.717) is 11.1 Å². The molecule has 6 rings (SSSR count). The minimum atomic E-state index is -1.69. The average molecular weight is 389 g/mol. The van der Waals surface area contributed by atoms with E-state index in [0.717, 1.165) is 0 Å². The van der Waals surface area contributed by atoms with Gasteiger partial charge in [0, 0.05) is 0 Å². The fourth-order valence-electron chi connectivity index (χ4n) is 5.62. The first-order valence-corrected chi connectivity index (χ1v) is 13.7. The van der Waals surface area contributed by atoms with Crippen LogP contribution >= 0.6 is 0 Å². The molecule has 0 aromatic heterocycles. The van der Waals surface area contributed by atoms with Gasteiger partial charge in [-0.1, -0.05) is 110 Å². The Balaban J connectivity index is 1.46. The van der Waals surface area contributed by atoms with Crippen molar-refractivity contribution < 1.29 is 0 Å². The van der Waals surface area contributed by atoms with Gasteiger partial charge >= 0.3 is 0 Å². The van der Waals surface area contributed by atoms with Crippen molar-refractivity contribution in [2.24, 2.45) is 0 Å². The molecule has 0 bridgehead atoms. The third kappa shape index (κ3) is 2.37. The van der Waals surface area contributed by atoms with Gasteiger partial charge in [-0.2, -0.15) is 0 Å². The molecule has 1 heteroatoms. The van der Waals surface area contributed by atoms with Crippen LogP contribution in [-0.4, -0.2) is 8.07 Å². The molecule has 2 aliphatic carbocycles. The van der Waals surface area contributed by atoms with Gasteiger partial charge in [0.2, 0.25) is 0 Å². The number of allylic oxidation sites excluding steroid dienone is 2. The molecule has 0 saturated carbocycles. The molecule has 0 saturated heterocycles. The van der Waals surface area contributed by atoms with Gasteiger partial charge in [0.1, 0.15) is 0 Å². The van der Waals surface area contributed by atoms with Crippen molar-refractivity contribution >= 4 is 41.8 Å². The lowest BCUT2D eigenvalue weighted by molar-refractivity contribution is 1.05. The topological polar surface area (TPSA) is 0 Å². The summed E-state index contributed by atoms with van der Waals surface area (Å²) < 4.78 is 0. The average Bonchev–Trinajstić information content (AvgIpc) is 3.39. The second kappa shape index (κ2) is 6.05. The maximum atomic E-state index is 2.57. The lowest BCUT2D eigenvalue weighted by atomic mass is 10.0. The lowest BCUT2D eigenvalue weighted by Crippen LogP contribution is -2.39. The lowest BCUT2D eigenvalue weighted by Gasteiger charge is -2.35. The predicted octanol–water partition coefficient (Wildman–Crippen LogP) is 7.70. The molecule has 0 amide bonds. The molecule has 2 aliphatic rings. The highest BCUT2D eigenvalue weighted by Gasteiger charge is 2.43. The summed E-state index contributed by atoms with van der Waals surface area (Å²) in [4.78, 5) is 0. The van der Waals surface area contributed by atoms with Gasteiger partial charge in [0.15, 0.2) is 0 Å². The van der Waals surface area contributed by atoms with Crippen LogP contribution in [0.15, 0.2) is 84.9 Å². The van der Waals surface area contributed by atoms with E-state index >= 15 is 0 Å². The maximum absolute atomic E-state index is 2.57. The first-order valence-electron chi connectivity index (χ1n) is 10.5. The van der Waals surface area contributed by atoms with Crippen LogP contribution in [0.4, 0.5) is 0 Å². The van der Waals surface area contributed by atoms with Gasteiger partial charge in [-0.15, -0.1) is 0 Å². The molecule has 140 valence electrons. The summed E-state index contributed by atoms with van der Waals surface area (Å²) in [6, 6.07) is 27.0. The highest BCUT2D eigenvalue weighted by atomic mass is 28.3. The van der Waals surface area contributed by atoms with Crippen molar-refractivity contribution in [2.45, 2.75) is 24.2 Å². The second-order valence-corrected chi connectivity index (χ2v) is 14.0. The van der Waals surface area contributed by atoms with E-state index in [-0.39, 0.29) is 0 Å². The first-order chi connectivity index (χ1) is 14.1. The minimum Gasteiger partial charge on any atom is -0.0791 e. The van der Waals surface area contributed by atoms with Crippen LogP contribution in [0.2, 0.25) is 13.1 Å². The Kier molecular flexibility index (Phi) is 3.54. The zero-order chi connectivity index (χ0) is 19.6. The zero-order valence-corrected chi connectivity index (χ0v) is 17.9. The highest BCUT2D eigenvalue weighted by molar-refractivity contribution is 6.81. The largest absolute Gasteiger partial charge is 0.0791 e. The van der Waals surface area contributed by atoms with E-state index < -0.39 is 8.07 Å². The fraction of sp³-hybridized carbons (Fsp3) is 0.143. The molecule has 2 unspecified atom stereocenters. The third-order valence-electron chi connectivity index (χ3n) is 7.19. The molecule has 4 aromatic carbocycles. The third-order valence-corrected chi connectivity index (χ3v) is 11.4. The monoisotopic (exact) mass is 388 g/mol. The van der Waals surface area contributed by atoms with Crippen molar-refractivity contribution in [3.8, 4) is 0 Å². The van der Waals surface area contributed by atoms with Crippen LogP contribution in [0.25, 0.3) is 33.7 Å². The Bertz CT molecular complexity index is 1240. The van der Waals surface area contributed by atoms with Crippen LogP contribution in [0.5, 0.6) is 0 Å². The molecule has 0 spiro atoms. The normalized spacial score (nSPS) is 19.8. The summed E-state index contributed by atoms with van der Waals surface area (Å²) in [5.41, 5.74) is 7.04. The number of hydrogen-bond acceptors (Lipinski definition) is 0. The van der Waals surface area contributed by atoms with E-state index in [1.807, 2.05) is 0 Å². The van der Waals surface area contributed by atoms with Crippen molar-refractivity contribution in [1.29, 1.82) is 0 Å². The van der Waals surface area contributed by atoms with Crippen molar-refractivity contribution in [2.75, 3.05) is 0 Å². The van der Waals surface area contributed by atoms with E-state index in [1.54, 1.807) is 0 Å². The Hall–Kier alpha value is -2.90. The van der Waals surface area contributed by atoms with E-state index in [2.05, 4.69) is 110 Å². The van der Waals surface area contributed by atoms with Crippen LogP contribution in [0, 0.1) is 0 Å². The van der Waals surface area contributed by atoms with Gasteiger partial charge in [0.25, 0.3) is 0 Å². The molecule has 0 heterocycles. The standard InChI is InChI=1S/C28H24Si/c1-29(2,27-17-15-23-21-9-5-3-7-19(21)11-13-25(23)27)28-18-16-24-22-10-6-4-8-20(22)12-14-26(24)28/h3-18,27-28H,1-2H3. The summed E-state index contributed by atoms with van der Waals surface area (Å²) >= 11 is 0. The zero-order valence-electron chi connectivity index (χ0n) is 16.9. The molecular formula is C28H24Si. The summed E-state index contributed by atoms with van der Waals surface area (Å²) in [6.45, 7) is 5.15. The minimum absolute atomic E-state index is 0.550. The van der Waals surface area contributed by atoms with Gasteiger partial charge in [-0.3, -0.25) is 0 Å². The number of rotatable bonds is 2. The van der Waals surface area contributed by atoms with Crippen LogP contribution in [0.1, 0.15) is 33.3 Å². The molecular weight excluding hydrogens is 364 g/mol. The van der Waals surface area contributed by atoms with Crippen LogP contribution in [-0.2, 0) is 0 Å². The van der Waals surface area contributed by atoms with Gasteiger partial charge in [-0.25, -0.2) is 0 Å². The maximum Gasteiger partial charge on any atom is 0.0715 e. The quantitative estimate of drug-likeness (QED) is 0.309. The molecule has 0 nitrogen and oxygen atoms in total. The summed E-state index contributed by atoms with van der Waals surface area (Å²) in [5.74, 6) is 0. The van der Waals surface area contributed by atoms with Crippen molar-refractivity contribution in [3.05, 3.63) is 107 Å². The van der Waals surface area contributed by atoms with E-state index in [9.17, 15) is 0 Å². The predicted molar refractivity (Wildman–Crippen MR) is 129 cm³/mol. The molecule has 4 aromatic rings. The molecule has 0 radical (unpaired) electrons. The SMILES string of the molecule is C[Si](C)(C1C=Cc2c1ccc1ccccc21)C1C=Cc2c1ccc1ccccc21. The number of fused-ring (bicyclic) bond motifs is 6. The van der Waals surface area contributed by atoms with Crippen LogP contribution < -0.4 is 0 Å². The van der Waals surface area contributed by atoms with Gasteiger partial charge < -0.3 is 0 Å². The number of benzene rings is 4. The first kappa shape index (κ1) is 17.0. The molecule has 2 atom stereocenters. The fourth-order valence-corrected chi connectivity index (χ4v) is 9.30. The van der Waals surface area contributed by atoms with Crippen molar-refractivity contribution in [3.63, 3.8) is 0 Å². The summed E-state index contributed by atoms with van der Waals surface area (Å²) in [5, 5.41) is 5.46. The summed E-state index contributed by atoms with van der Waals surface area (Å²) in [7, 11) is -1.69. The highest BCUT2D eigenvalue weighted by Crippen LogP contribution is 2.49. The molecule has 29 heavy (non-hydrogen) atoms. The summed E-state index contributed by atoms with van der Waals surface area (Å²) in [6.07, 6.45) is 9.76. The van der Waals surface area contributed by atoms with Crippen LogP contribution in [0.3, 0.4) is 0 Å². The van der Waals surface area contributed by atoms with Gasteiger partial charge in [0.05, 0.1) is 8.07 Å². The number of hydrogen-bond donors (Lipinski definition) is 0. The molecule has 0 fully saturated rings. The Labute approximate surface area is 173 Å². The second-order valence-electron chi connectivity index (χ2n) is 9.07. The Morgan fingerprint density at radius 3 is 1.48 bits per heavy atom. The smallest absolute Gasteiger partial charge is 0.0715 e. The Morgan fingerprint density at radius 1 is 0.552 bits per heavy atom. The van der Waals surface area contributed by atoms with Gasteiger partial charge in [-0.05, 0) is 54.9 Å². The molecule has 0 aliphatic heterocycles. The van der Waals surface area contributed by atoms with Crippen molar-refractivity contribution in [1.82, 2.24) is 0 Å². The van der Waals surface area contributed by atoms with E-state index in [1.165, 1.54) is 43.8 Å². The molecule has 0 N–H and O–H groups in total.